The van der Waals surface area contributed by atoms with Crippen LogP contribution in [0.15, 0.2) is 22.7 Å². The first kappa shape index (κ1) is 13.4. The highest BCUT2D eigenvalue weighted by Crippen LogP contribution is 2.36. The molecule has 0 radical (unpaired) electrons. The van der Waals surface area contributed by atoms with Crippen LogP contribution in [0.5, 0.6) is 0 Å². The number of anilines is 1. The van der Waals surface area contributed by atoms with Gasteiger partial charge in [-0.1, -0.05) is 26.3 Å². The summed E-state index contributed by atoms with van der Waals surface area (Å²) in [6.07, 6.45) is 3.76. The zero-order chi connectivity index (χ0) is 13.1. The molecule has 1 N–H and O–H groups in total. The van der Waals surface area contributed by atoms with Gasteiger partial charge in [0.1, 0.15) is 6.07 Å². The van der Waals surface area contributed by atoms with Gasteiger partial charge < -0.3 is 5.32 Å². The second-order valence-electron chi connectivity index (χ2n) is 5.13. The van der Waals surface area contributed by atoms with E-state index in [0.717, 1.165) is 16.1 Å². The van der Waals surface area contributed by atoms with Crippen molar-refractivity contribution in [2.45, 2.75) is 39.2 Å². The second kappa shape index (κ2) is 5.75. The topological polar surface area (TPSA) is 35.8 Å². The summed E-state index contributed by atoms with van der Waals surface area (Å²) in [6, 6.07) is 8.65. The molecule has 0 heterocycles. The fraction of sp³-hybridized carbons (Fsp3) is 0.533. The summed E-state index contributed by atoms with van der Waals surface area (Å²) in [5, 5.41) is 12.8. The van der Waals surface area contributed by atoms with Crippen LogP contribution in [0, 0.1) is 23.2 Å². The van der Waals surface area contributed by atoms with Gasteiger partial charge in [-0.15, -0.1) is 0 Å². The Balaban J connectivity index is 2.16. The number of nitrogens with zero attached hydrogens (tertiary/aromatic N) is 1. The van der Waals surface area contributed by atoms with Crippen LogP contribution in [0.2, 0.25) is 0 Å². The summed E-state index contributed by atoms with van der Waals surface area (Å²) in [5.41, 5.74) is 1.67. The molecule has 96 valence electrons. The van der Waals surface area contributed by atoms with Crippen molar-refractivity contribution in [3.05, 3.63) is 28.2 Å². The van der Waals surface area contributed by atoms with Crippen LogP contribution in [0.3, 0.4) is 0 Å². The van der Waals surface area contributed by atoms with Crippen molar-refractivity contribution in [1.29, 1.82) is 5.26 Å². The predicted molar refractivity (Wildman–Crippen MR) is 78.4 cm³/mol. The fourth-order valence-corrected chi connectivity index (χ4v) is 3.44. The Labute approximate surface area is 118 Å². The van der Waals surface area contributed by atoms with E-state index in [9.17, 15) is 5.26 Å². The Morgan fingerprint density at radius 3 is 2.83 bits per heavy atom. The Morgan fingerprint density at radius 2 is 2.22 bits per heavy atom. The van der Waals surface area contributed by atoms with E-state index in [-0.39, 0.29) is 0 Å². The average Bonchev–Trinajstić information content (AvgIpc) is 2.71. The third-order valence-corrected chi connectivity index (χ3v) is 4.88. The first-order chi connectivity index (χ1) is 8.67. The van der Waals surface area contributed by atoms with Gasteiger partial charge in [0.25, 0.3) is 0 Å². The van der Waals surface area contributed by atoms with Crippen molar-refractivity contribution >= 4 is 21.6 Å². The summed E-state index contributed by atoms with van der Waals surface area (Å²) < 4.78 is 0.868. The Hall–Kier alpha value is -1.01. The summed E-state index contributed by atoms with van der Waals surface area (Å²) in [5.74, 6) is 1.50. The highest BCUT2D eigenvalue weighted by molar-refractivity contribution is 9.10. The molecular formula is C15H19BrN2. The molecule has 2 rings (SSSR count). The normalized spacial score (nSPS) is 26.9. The van der Waals surface area contributed by atoms with E-state index in [1.807, 2.05) is 18.2 Å². The van der Waals surface area contributed by atoms with Crippen LogP contribution >= 0.6 is 15.9 Å². The third kappa shape index (κ3) is 2.54. The minimum Gasteiger partial charge on any atom is -0.381 e. The van der Waals surface area contributed by atoms with E-state index in [0.29, 0.717) is 17.5 Å². The quantitative estimate of drug-likeness (QED) is 0.888. The molecule has 0 saturated heterocycles. The molecule has 0 aromatic heterocycles. The van der Waals surface area contributed by atoms with Crippen molar-refractivity contribution in [1.82, 2.24) is 0 Å². The number of hydrogen-bond donors (Lipinski definition) is 1. The smallest absolute Gasteiger partial charge is 0.103 e. The van der Waals surface area contributed by atoms with Crippen LogP contribution in [-0.4, -0.2) is 6.04 Å². The molecule has 1 aromatic carbocycles. The maximum Gasteiger partial charge on any atom is 0.103 e. The van der Waals surface area contributed by atoms with Crippen molar-refractivity contribution in [2.75, 3.05) is 5.32 Å². The number of nitrogens with one attached hydrogen (secondary N) is 1. The van der Waals surface area contributed by atoms with Crippen molar-refractivity contribution in [3.63, 3.8) is 0 Å². The standard InChI is InChI=1S/C15H19BrN2/c1-3-11-7-8-14(10(11)2)18-15-6-4-5-13(16)12(15)9-17/h4-6,10-11,14,18H,3,7-8H2,1-2H3. The van der Waals surface area contributed by atoms with Crippen molar-refractivity contribution in [3.8, 4) is 6.07 Å². The van der Waals surface area contributed by atoms with Gasteiger partial charge in [-0.05, 0) is 52.7 Å². The zero-order valence-corrected chi connectivity index (χ0v) is 12.5. The number of rotatable bonds is 3. The molecule has 1 aliphatic rings. The lowest BCUT2D eigenvalue weighted by atomic mass is 9.93. The Morgan fingerprint density at radius 1 is 1.44 bits per heavy atom. The van der Waals surface area contributed by atoms with Crippen LogP contribution in [0.25, 0.3) is 0 Å². The lowest BCUT2D eigenvalue weighted by Crippen LogP contribution is -2.25. The van der Waals surface area contributed by atoms with E-state index in [1.165, 1.54) is 19.3 Å². The Bertz CT molecular complexity index is 464. The lowest BCUT2D eigenvalue weighted by molar-refractivity contribution is 0.392. The van der Waals surface area contributed by atoms with Gasteiger partial charge in [0.2, 0.25) is 0 Å². The number of benzene rings is 1. The second-order valence-corrected chi connectivity index (χ2v) is 5.98. The summed E-state index contributed by atoms with van der Waals surface area (Å²) in [4.78, 5) is 0. The van der Waals surface area contributed by atoms with E-state index in [2.05, 4.69) is 41.2 Å². The molecule has 3 heteroatoms. The maximum atomic E-state index is 9.22. The molecular weight excluding hydrogens is 288 g/mol. The van der Waals surface area contributed by atoms with Gasteiger partial charge in [0, 0.05) is 10.5 Å². The first-order valence-electron chi connectivity index (χ1n) is 6.62. The maximum absolute atomic E-state index is 9.22. The molecule has 3 unspecified atom stereocenters. The minimum absolute atomic E-state index is 0.497. The molecule has 0 spiro atoms. The first-order valence-corrected chi connectivity index (χ1v) is 7.41. The fourth-order valence-electron chi connectivity index (χ4n) is 2.99. The van der Waals surface area contributed by atoms with Crippen LogP contribution in [-0.2, 0) is 0 Å². The van der Waals surface area contributed by atoms with Gasteiger partial charge in [-0.3, -0.25) is 0 Å². The van der Waals surface area contributed by atoms with Crippen LogP contribution < -0.4 is 5.32 Å². The van der Waals surface area contributed by atoms with Gasteiger partial charge in [0.15, 0.2) is 0 Å². The van der Waals surface area contributed by atoms with Crippen molar-refractivity contribution in [2.24, 2.45) is 11.8 Å². The largest absolute Gasteiger partial charge is 0.381 e. The molecule has 1 aromatic rings. The third-order valence-electron chi connectivity index (χ3n) is 4.22. The predicted octanol–water partition coefficient (Wildman–Crippen LogP) is 4.56. The molecule has 1 fully saturated rings. The van der Waals surface area contributed by atoms with Gasteiger partial charge in [0.05, 0.1) is 11.3 Å². The molecule has 18 heavy (non-hydrogen) atoms. The van der Waals surface area contributed by atoms with E-state index in [1.54, 1.807) is 0 Å². The molecule has 0 amide bonds. The number of halogens is 1. The monoisotopic (exact) mass is 306 g/mol. The van der Waals surface area contributed by atoms with E-state index >= 15 is 0 Å². The number of nitriles is 1. The van der Waals surface area contributed by atoms with E-state index in [4.69, 9.17) is 0 Å². The summed E-state index contributed by atoms with van der Waals surface area (Å²) in [7, 11) is 0. The molecule has 0 aliphatic heterocycles. The minimum atomic E-state index is 0.497. The highest BCUT2D eigenvalue weighted by atomic mass is 79.9. The van der Waals surface area contributed by atoms with Gasteiger partial charge in [-0.25, -0.2) is 0 Å². The average molecular weight is 307 g/mol. The molecule has 1 aliphatic carbocycles. The lowest BCUT2D eigenvalue weighted by Gasteiger charge is -2.22. The molecule has 2 nitrogen and oxygen atoms in total. The van der Waals surface area contributed by atoms with Crippen LogP contribution in [0.4, 0.5) is 5.69 Å². The van der Waals surface area contributed by atoms with Gasteiger partial charge >= 0.3 is 0 Å². The van der Waals surface area contributed by atoms with E-state index < -0.39 is 0 Å². The van der Waals surface area contributed by atoms with Gasteiger partial charge in [-0.2, -0.15) is 5.26 Å². The Kier molecular flexibility index (Phi) is 4.29. The summed E-state index contributed by atoms with van der Waals surface area (Å²) in [6.45, 7) is 4.59. The number of hydrogen-bond acceptors (Lipinski definition) is 2. The molecule has 3 atom stereocenters. The van der Waals surface area contributed by atoms with Crippen LogP contribution in [0.1, 0.15) is 38.7 Å². The summed E-state index contributed by atoms with van der Waals surface area (Å²) >= 11 is 3.43. The zero-order valence-electron chi connectivity index (χ0n) is 10.9. The highest BCUT2D eigenvalue weighted by Gasteiger charge is 2.31. The molecule has 0 bridgehead atoms. The SMILES string of the molecule is CCC1CCC(Nc2cccc(Br)c2C#N)C1C. The molecule has 1 saturated carbocycles. The van der Waals surface area contributed by atoms with Crippen molar-refractivity contribution < 1.29 is 0 Å².